The topological polar surface area (TPSA) is 68.8 Å². The number of carbonyl (C=O) groups excluding carboxylic acids is 1. The van der Waals surface area contributed by atoms with E-state index in [2.05, 4.69) is 15.2 Å². The molecule has 1 aromatic carbocycles. The summed E-state index contributed by atoms with van der Waals surface area (Å²) < 4.78 is 44.7. The summed E-state index contributed by atoms with van der Waals surface area (Å²) in [6, 6.07) is 6.94. The zero-order chi connectivity index (χ0) is 24.3. The van der Waals surface area contributed by atoms with E-state index in [0.717, 1.165) is 42.7 Å². The highest BCUT2D eigenvalue weighted by atomic mass is 19.2. The van der Waals surface area contributed by atoms with Gasteiger partial charge in [-0.15, -0.1) is 0 Å². The van der Waals surface area contributed by atoms with Gasteiger partial charge in [-0.1, -0.05) is 0 Å². The van der Waals surface area contributed by atoms with Crippen molar-refractivity contribution in [3.8, 4) is 17.1 Å². The van der Waals surface area contributed by atoms with Gasteiger partial charge in [0.05, 0.1) is 23.0 Å². The van der Waals surface area contributed by atoms with Crippen LogP contribution < -0.4 is 0 Å². The second kappa shape index (κ2) is 8.07. The van der Waals surface area contributed by atoms with Crippen LogP contribution in [-0.2, 0) is 13.5 Å². The first-order valence-corrected chi connectivity index (χ1v) is 11.4. The predicted octanol–water partition coefficient (Wildman–Crippen LogP) is 4.38. The van der Waals surface area contributed by atoms with E-state index in [1.807, 2.05) is 4.90 Å². The summed E-state index contributed by atoms with van der Waals surface area (Å²) in [6.07, 6.45) is 7.97. The number of hydrogen-bond acceptors (Lipinski definition) is 4. The number of amides is 1. The summed E-state index contributed by atoms with van der Waals surface area (Å²) in [6.45, 7) is 0. The van der Waals surface area contributed by atoms with E-state index in [1.165, 1.54) is 0 Å². The van der Waals surface area contributed by atoms with E-state index in [9.17, 15) is 18.0 Å². The van der Waals surface area contributed by atoms with Crippen molar-refractivity contribution >= 4 is 5.91 Å². The van der Waals surface area contributed by atoms with Crippen LogP contribution in [-0.4, -0.2) is 41.4 Å². The van der Waals surface area contributed by atoms with Crippen molar-refractivity contribution in [2.45, 2.75) is 37.8 Å². The molecule has 7 nitrogen and oxygen atoms in total. The quantitative estimate of drug-likeness (QED) is 0.410. The van der Waals surface area contributed by atoms with E-state index in [4.69, 9.17) is 0 Å². The number of nitrogens with zero attached hydrogens (tertiary/aromatic N) is 6. The lowest BCUT2D eigenvalue weighted by atomic mass is 9.81. The van der Waals surface area contributed by atoms with Crippen LogP contribution in [0, 0.1) is 17.5 Å². The summed E-state index contributed by atoms with van der Waals surface area (Å²) in [5, 5.41) is 8.82. The fraction of sp³-hybridized carbons (Fsp3) is 0.280. The zero-order valence-electron chi connectivity index (χ0n) is 18.8. The standard InChI is InChI=1S/C25H21F3N6O/c1-32-24(15-10-18(26)22(28)19(27)11-15)17-12-16-4-2-5-20(23(17)31-32)34(16)25(35)14-6-7-21(29-13-14)33-9-3-8-30-33/h3,6-11,13,16,20H,2,4-5,12H2,1H3/t16-,20+/m1/s1. The fourth-order valence-corrected chi connectivity index (χ4v) is 5.40. The molecule has 6 rings (SSSR count). The molecule has 2 bridgehead atoms. The number of aromatic nitrogens is 5. The molecule has 35 heavy (non-hydrogen) atoms. The van der Waals surface area contributed by atoms with Gasteiger partial charge in [-0.25, -0.2) is 22.8 Å². The van der Waals surface area contributed by atoms with Gasteiger partial charge in [0.25, 0.3) is 5.91 Å². The number of fused-ring (bicyclic) bond motifs is 4. The summed E-state index contributed by atoms with van der Waals surface area (Å²) in [5.74, 6) is -3.50. The number of piperidine rings is 1. The Kier molecular flexibility index (Phi) is 4.98. The molecule has 3 aromatic heterocycles. The van der Waals surface area contributed by atoms with Crippen molar-refractivity contribution in [2.24, 2.45) is 7.05 Å². The minimum Gasteiger partial charge on any atom is -0.327 e. The first kappa shape index (κ1) is 21.6. The van der Waals surface area contributed by atoms with Crippen molar-refractivity contribution in [3.63, 3.8) is 0 Å². The Morgan fingerprint density at radius 3 is 2.60 bits per heavy atom. The summed E-state index contributed by atoms with van der Waals surface area (Å²) in [7, 11) is 1.70. The first-order chi connectivity index (χ1) is 16.9. The molecule has 0 aliphatic carbocycles. The van der Waals surface area contributed by atoms with Crippen LogP contribution in [0.5, 0.6) is 0 Å². The van der Waals surface area contributed by atoms with Crippen LogP contribution in [0.3, 0.4) is 0 Å². The number of rotatable bonds is 3. The summed E-state index contributed by atoms with van der Waals surface area (Å²) >= 11 is 0. The SMILES string of the molecule is Cn1nc2c(c1-c1cc(F)c(F)c(F)c1)C[C@H]1CCC[C@@H]2N1C(=O)c1ccc(-n2cccn2)nc1. The molecular formula is C25H21F3N6O. The Morgan fingerprint density at radius 2 is 1.91 bits per heavy atom. The van der Waals surface area contributed by atoms with E-state index < -0.39 is 17.5 Å². The van der Waals surface area contributed by atoms with Gasteiger partial charge in [-0.05, 0) is 56.0 Å². The van der Waals surface area contributed by atoms with Gasteiger partial charge in [0, 0.05) is 42.8 Å². The minimum absolute atomic E-state index is 0.0855. The molecule has 178 valence electrons. The van der Waals surface area contributed by atoms with E-state index in [-0.39, 0.29) is 23.6 Å². The Morgan fingerprint density at radius 1 is 1.11 bits per heavy atom. The molecule has 2 atom stereocenters. The van der Waals surface area contributed by atoms with Crippen LogP contribution in [0.15, 0.2) is 48.9 Å². The maximum absolute atomic E-state index is 14.0. The molecule has 0 unspecified atom stereocenters. The largest absolute Gasteiger partial charge is 0.327 e. The molecule has 0 radical (unpaired) electrons. The van der Waals surface area contributed by atoms with Gasteiger partial charge in [-0.2, -0.15) is 10.2 Å². The molecule has 0 spiro atoms. The molecule has 0 saturated carbocycles. The Labute approximate surface area is 198 Å². The van der Waals surface area contributed by atoms with Gasteiger partial charge in [-0.3, -0.25) is 9.48 Å². The van der Waals surface area contributed by atoms with Gasteiger partial charge in [0.1, 0.15) is 0 Å². The van der Waals surface area contributed by atoms with Crippen LogP contribution in [0.1, 0.15) is 46.9 Å². The second-order valence-electron chi connectivity index (χ2n) is 8.96. The smallest absolute Gasteiger partial charge is 0.256 e. The van der Waals surface area contributed by atoms with Crippen LogP contribution in [0.4, 0.5) is 13.2 Å². The van der Waals surface area contributed by atoms with Crippen LogP contribution in [0.25, 0.3) is 17.1 Å². The van der Waals surface area contributed by atoms with Crippen molar-refractivity contribution in [2.75, 3.05) is 0 Å². The third-order valence-corrected chi connectivity index (χ3v) is 6.90. The van der Waals surface area contributed by atoms with Crippen molar-refractivity contribution in [1.82, 2.24) is 29.4 Å². The first-order valence-electron chi connectivity index (χ1n) is 11.4. The summed E-state index contributed by atoms with van der Waals surface area (Å²) in [5.41, 5.74) is 2.82. The maximum atomic E-state index is 14.0. The van der Waals surface area contributed by atoms with Crippen LogP contribution >= 0.6 is 0 Å². The Hall–Kier alpha value is -3.95. The van der Waals surface area contributed by atoms with Crippen molar-refractivity contribution in [1.29, 1.82) is 0 Å². The van der Waals surface area contributed by atoms with E-state index >= 15 is 0 Å². The second-order valence-corrected chi connectivity index (χ2v) is 8.96. The van der Waals surface area contributed by atoms with E-state index in [0.29, 0.717) is 23.5 Å². The molecule has 2 aliphatic rings. The summed E-state index contributed by atoms with van der Waals surface area (Å²) in [4.78, 5) is 19.9. The number of carbonyl (C=O) groups is 1. The zero-order valence-corrected chi connectivity index (χ0v) is 18.8. The fourth-order valence-electron chi connectivity index (χ4n) is 5.40. The third kappa shape index (κ3) is 3.43. The average Bonchev–Trinajstić information content (AvgIpc) is 3.50. The molecule has 1 amide bonds. The lowest BCUT2D eigenvalue weighted by Crippen LogP contribution is -2.49. The highest BCUT2D eigenvalue weighted by Crippen LogP contribution is 2.45. The van der Waals surface area contributed by atoms with Gasteiger partial charge < -0.3 is 4.90 Å². The Balaban J connectivity index is 1.37. The molecule has 5 heterocycles. The molecule has 0 N–H and O–H groups in total. The van der Waals surface area contributed by atoms with Gasteiger partial charge >= 0.3 is 0 Å². The number of benzene rings is 1. The number of aryl methyl sites for hydroxylation is 1. The molecule has 4 aromatic rings. The monoisotopic (exact) mass is 478 g/mol. The lowest BCUT2D eigenvalue weighted by Gasteiger charge is -2.45. The molecule has 1 saturated heterocycles. The van der Waals surface area contributed by atoms with Crippen molar-refractivity contribution < 1.29 is 18.0 Å². The Bertz CT molecular complexity index is 1410. The van der Waals surface area contributed by atoms with Crippen LogP contribution in [0.2, 0.25) is 0 Å². The van der Waals surface area contributed by atoms with E-state index in [1.54, 1.807) is 53.2 Å². The van der Waals surface area contributed by atoms with Crippen molar-refractivity contribution in [3.05, 3.63) is 83.2 Å². The number of hydrogen-bond donors (Lipinski definition) is 0. The van der Waals surface area contributed by atoms with Gasteiger partial charge in [0.2, 0.25) is 0 Å². The predicted molar refractivity (Wildman–Crippen MR) is 120 cm³/mol. The molecule has 10 heteroatoms. The molecular weight excluding hydrogens is 457 g/mol. The lowest BCUT2D eigenvalue weighted by molar-refractivity contribution is 0.0391. The highest BCUT2D eigenvalue weighted by molar-refractivity contribution is 5.95. The number of halogens is 3. The highest BCUT2D eigenvalue weighted by Gasteiger charge is 2.43. The molecule has 2 aliphatic heterocycles. The number of pyridine rings is 1. The third-order valence-electron chi connectivity index (χ3n) is 6.90. The molecule has 1 fully saturated rings. The normalized spacial score (nSPS) is 19.0. The average molecular weight is 478 g/mol. The minimum atomic E-state index is -1.49. The van der Waals surface area contributed by atoms with Gasteiger partial charge in [0.15, 0.2) is 23.3 Å². The maximum Gasteiger partial charge on any atom is 0.256 e.